The molecule has 294 valence electrons. The van der Waals surface area contributed by atoms with Crippen LogP contribution in [0.4, 0.5) is 0 Å². The fraction of sp³-hybridized carbons (Fsp3) is 0.796. The van der Waals surface area contributed by atoms with Gasteiger partial charge in [-0.3, -0.25) is 25.8 Å². The van der Waals surface area contributed by atoms with Crippen LogP contribution in [0.5, 0.6) is 0 Å². The van der Waals surface area contributed by atoms with Gasteiger partial charge >= 0.3 is 0 Å². The maximum Gasteiger partial charge on any atom is 0.0818 e. The third kappa shape index (κ3) is 6.18. The molecule has 3 saturated heterocycles. The summed E-state index contributed by atoms with van der Waals surface area (Å²) in [5, 5.41) is 12.5. The Balaban J connectivity index is 0.923. The summed E-state index contributed by atoms with van der Waals surface area (Å²) in [7, 11) is 0. The van der Waals surface area contributed by atoms with Crippen molar-refractivity contribution in [1.82, 2.24) is 25.8 Å². The molecule has 13 atom stereocenters. The molecule has 0 aromatic carbocycles. The van der Waals surface area contributed by atoms with Gasteiger partial charge in [0.05, 0.1) is 18.5 Å². The Bertz CT molecular complexity index is 1510. The van der Waals surface area contributed by atoms with Gasteiger partial charge in [0.2, 0.25) is 0 Å². The number of nitrogens with one attached hydrogen (secondary N) is 3. The smallest absolute Gasteiger partial charge is 0.0818 e. The molecule has 0 radical (unpaired) electrons. The zero-order chi connectivity index (χ0) is 35.6. The van der Waals surface area contributed by atoms with Gasteiger partial charge in [-0.15, -0.1) is 0 Å². The number of likely N-dealkylation sites (tertiary alicyclic amines) is 2. The standard InChI is InChI=1S/C49H73N5/c1-4-16-32(17-5-1)47-50-48(33-18-6-2-7-19-33)52-49(51-47)34-28-30-36(31-29-34)54-42-27-15-13-25-40(42)44-38-23-11-10-22-37(38)43-39-24-12-14-26-41(39)53(45(43)46(44)54)35-20-8-3-9-21-35/h4,13-14,16,25-26,28,32-33,35-36,39-52H,1-3,5-12,15,17-24,27,29-31H2. The Hall–Kier alpha value is -1.50. The van der Waals surface area contributed by atoms with Crippen molar-refractivity contribution in [2.24, 2.45) is 35.5 Å². The fourth-order valence-electron chi connectivity index (χ4n) is 15.5. The van der Waals surface area contributed by atoms with Crippen molar-refractivity contribution in [1.29, 1.82) is 0 Å². The molecule has 54 heavy (non-hydrogen) atoms. The summed E-state index contributed by atoms with van der Waals surface area (Å²) in [5.74, 6) is 4.54. The van der Waals surface area contributed by atoms with E-state index >= 15 is 0 Å². The number of rotatable bonds is 5. The van der Waals surface area contributed by atoms with Gasteiger partial charge in [0.25, 0.3) is 0 Å². The molecule has 5 nitrogen and oxygen atoms in total. The molecule has 0 amide bonds. The second-order valence-corrected chi connectivity index (χ2v) is 20.3. The first-order valence-corrected chi connectivity index (χ1v) is 24.1. The predicted octanol–water partition coefficient (Wildman–Crippen LogP) is 9.65. The average Bonchev–Trinajstić information content (AvgIpc) is 3.79. The van der Waals surface area contributed by atoms with E-state index in [0.29, 0.717) is 42.5 Å². The van der Waals surface area contributed by atoms with Crippen LogP contribution in [0.25, 0.3) is 0 Å². The molecule has 5 fully saturated rings. The molecular weight excluding hydrogens is 659 g/mol. The van der Waals surface area contributed by atoms with Gasteiger partial charge < -0.3 is 0 Å². The average molecular weight is 732 g/mol. The molecule has 11 aliphatic rings. The summed E-state index contributed by atoms with van der Waals surface area (Å²) in [5.41, 5.74) is 5.69. The normalized spacial score (nSPS) is 46.1. The van der Waals surface area contributed by atoms with Crippen LogP contribution in [0, 0.1) is 35.5 Å². The van der Waals surface area contributed by atoms with E-state index in [1.807, 2.05) is 11.1 Å². The molecule has 0 aromatic rings. The van der Waals surface area contributed by atoms with Crippen molar-refractivity contribution in [2.45, 2.75) is 209 Å². The van der Waals surface area contributed by atoms with Gasteiger partial charge in [-0.05, 0) is 133 Å². The number of fused-ring (bicyclic) bond motifs is 9. The second-order valence-electron chi connectivity index (χ2n) is 20.3. The number of allylic oxidation sites excluding steroid dienone is 3. The molecule has 2 saturated carbocycles. The van der Waals surface area contributed by atoms with Gasteiger partial charge in [0.1, 0.15) is 0 Å². The highest BCUT2D eigenvalue weighted by atomic mass is 15.4. The van der Waals surface area contributed by atoms with E-state index in [-0.39, 0.29) is 0 Å². The quantitative estimate of drug-likeness (QED) is 0.246. The third-order valence-electron chi connectivity index (χ3n) is 17.7. The monoisotopic (exact) mass is 732 g/mol. The Labute approximate surface area is 328 Å². The zero-order valence-electron chi connectivity index (χ0n) is 33.6. The molecule has 5 heteroatoms. The molecule has 13 unspecified atom stereocenters. The SMILES string of the molecule is C1=CC(C2NC(C3=CCC(N4C5CCC=CC5C5C6=C(CCCC6)C6C7CCC=CC7N(C7CCCCC7)C6C54)CC3)NC(C3CCCCC3)N2)CCC1. The number of hydrogen-bond acceptors (Lipinski definition) is 5. The van der Waals surface area contributed by atoms with E-state index in [9.17, 15) is 0 Å². The van der Waals surface area contributed by atoms with Crippen LogP contribution in [-0.2, 0) is 0 Å². The first-order chi connectivity index (χ1) is 26.8. The van der Waals surface area contributed by atoms with Gasteiger partial charge in [-0.2, -0.15) is 0 Å². The van der Waals surface area contributed by atoms with E-state index in [1.165, 1.54) is 154 Å². The highest BCUT2D eigenvalue weighted by Crippen LogP contribution is 2.62. The van der Waals surface area contributed by atoms with Crippen molar-refractivity contribution in [3.05, 3.63) is 59.3 Å². The Morgan fingerprint density at radius 3 is 2.07 bits per heavy atom. The molecular formula is C49H73N5. The Kier molecular flexibility index (Phi) is 10.1. The topological polar surface area (TPSA) is 42.6 Å². The molecule has 3 heterocycles. The first-order valence-electron chi connectivity index (χ1n) is 24.1. The van der Waals surface area contributed by atoms with E-state index in [2.05, 4.69) is 68.3 Å². The van der Waals surface area contributed by atoms with E-state index < -0.39 is 0 Å². The number of hydrogen-bond donors (Lipinski definition) is 3. The van der Waals surface area contributed by atoms with Gasteiger partial charge in [0.15, 0.2) is 0 Å². The summed E-state index contributed by atoms with van der Waals surface area (Å²) in [6.07, 6.45) is 52.8. The van der Waals surface area contributed by atoms with Crippen LogP contribution < -0.4 is 16.0 Å². The van der Waals surface area contributed by atoms with E-state index in [4.69, 9.17) is 0 Å². The first kappa shape index (κ1) is 35.6. The van der Waals surface area contributed by atoms with Crippen LogP contribution in [-0.4, -0.2) is 64.5 Å². The fourth-order valence-corrected chi connectivity index (χ4v) is 15.5. The molecule has 11 rings (SSSR count). The summed E-state index contributed by atoms with van der Waals surface area (Å²) < 4.78 is 0. The molecule has 0 bridgehead atoms. The van der Waals surface area contributed by atoms with Crippen molar-refractivity contribution in [3.8, 4) is 0 Å². The summed E-state index contributed by atoms with van der Waals surface area (Å²) in [6, 6.07) is 4.34. The van der Waals surface area contributed by atoms with E-state index in [1.54, 1.807) is 5.57 Å². The highest BCUT2D eigenvalue weighted by Gasteiger charge is 2.65. The summed E-state index contributed by atoms with van der Waals surface area (Å²) in [6.45, 7) is 0. The molecule has 8 aliphatic carbocycles. The maximum absolute atomic E-state index is 4.21. The van der Waals surface area contributed by atoms with Crippen LogP contribution in [0.3, 0.4) is 0 Å². The minimum atomic E-state index is 0.316. The van der Waals surface area contributed by atoms with Gasteiger partial charge in [-0.25, -0.2) is 0 Å². The molecule has 0 aromatic heterocycles. The summed E-state index contributed by atoms with van der Waals surface area (Å²) in [4.78, 5) is 6.61. The van der Waals surface area contributed by atoms with Crippen LogP contribution in [0.1, 0.15) is 154 Å². The lowest BCUT2D eigenvalue weighted by molar-refractivity contribution is 0.00741. The lowest BCUT2D eigenvalue weighted by atomic mass is 9.61. The number of nitrogens with zero attached hydrogens (tertiary/aromatic N) is 2. The predicted molar refractivity (Wildman–Crippen MR) is 221 cm³/mol. The molecule has 3 aliphatic heterocycles. The summed E-state index contributed by atoms with van der Waals surface area (Å²) >= 11 is 0. The minimum Gasteiger partial charge on any atom is -0.291 e. The van der Waals surface area contributed by atoms with Crippen molar-refractivity contribution >= 4 is 0 Å². The third-order valence-corrected chi connectivity index (χ3v) is 17.7. The lowest BCUT2D eigenvalue weighted by Gasteiger charge is -2.52. The minimum absolute atomic E-state index is 0.316. The Morgan fingerprint density at radius 1 is 0.537 bits per heavy atom. The Morgan fingerprint density at radius 2 is 1.28 bits per heavy atom. The van der Waals surface area contributed by atoms with Crippen LogP contribution in [0.15, 0.2) is 59.3 Å². The van der Waals surface area contributed by atoms with Gasteiger partial charge in [-0.1, -0.05) is 92.2 Å². The van der Waals surface area contributed by atoms with Gasteiger partial charge in [0, 0.05) is 59.9 Å². The maximum atomic E-state index is 4.21. The van der Waals surface area contributed by atoms with Crippen molar-refractivity contribution in [2.75, 3.05) is 0 Å². The zero-order valence-corrected chi connectivity index (χ0v) is 33.6. The lowest BCUT2D eigenvalue weighted by Crippen LogP contribution is -2.71. The highest BCUT2D eigenvalue weighted by molar-refractivity contribution is 5.40. The van der Waals surface area contributed by atoms with E-state index in [0.717, 1.165) is 47.7 Å². The molecule has 0 spiro atoms. The largest absolute Gasteiger partial charge is 0.291 e. The van der Waals surface area contributed by atoms with Crippen molar-refractivity contribution < 1.29 is 0 Å². The molecule has 3 N–H and O–H groups in total. The van der Waals surface area contributed by atoms with Crippen LogP contribution in [0.2, 0.25) is 0 Å². The van der Waals surface area contributed by atoms with Crippen LogP contribution >= 0.6 is 0 Å². The van der Waals surface area contributed by atoms with Crippen molar-refractivity contribution in [3.63, 3.8) is 0 Å². The second kappa shape index (κ2) is 15.3.